The average molecular weight is 447 g/mol. The molecular weight excluding hydrogens is 431 g/mol. The summed E-state index contributed by atoms with van der Waals surface area (Å²) >= 11 is 8.29. The Morgan fingerprint density at radius 3 is 2.61 bits per heavy atom. The Hall–Kier alpha value is -1.41. The first-order chi connectivity index (χ1) is 10.8. The minimum Gasteiger partial charge on any atom is -0.468 e. The highest BCUT2D eigenvalue weighted by atomic mass is 127. The van der Waals surface area contributed by atoms with Crippen LogP contribution in [0.5, 0.6) is 0 Å². The molecule has 5 nitrogen and oxygen atoms in total. The van der Waals surface area contributed by atoms with Crippen LogP contribution < -0.4 is 5.56 Å². The third-order valence-electron chi connectivity index (χ3n) is 3.25. The maximum absolute atomic E-state index is 12.3. The van der Waals surface area contributed by atoms with E-state index in [-0.39, 0.29) is 18.0 Å². The van der Waals surface area contributed by atoms with E-state index in [9.17, 15) is 9.59 Å². The number of rotatable bonds is 4. The van der Waals surface area contributed by atoms with Gasteiger partial charge >= 0.3 is 5.97 Å². The fourth-order valence-electron chi connectivity index (χ4n) is 2.17. The Morgan fingerprint density at radius 2 is 2.04 bits per heavy atom. The summed E-state index contributed by atoms with van der Waals surface area (Å²) in [5.41, 5.74) is 1.93. The normalized spacial score (nSPS) is 10.9. The van der Waals surface area contributed by atoms with Crippen LogP contribution in [0.3, 0.4) is 0 Å². The Kier molecular flexibility index (Phi) is 5.80. The predicted molar refractivity (Wildman–Crippen MR) is 97.8 cm³/mol. The Balaban J connectivity index is 2.62. The fourth-order valence-corrected chi connectivity index (χ4v) is 3.26. The lowest BCUT2D eigenvalue weighted by Crippen LogP contribution is -2.28. The smallest absolute Gasteiger partial charge is 0.327 e. The average Bonchev–Trinajstić information content (AvgIpc) is 2.47. The van der Waals surface area contributed by atoms with E-state index in [0.29, 0.717) is 5.02 Å². The van der Waals surface area contributed by atoms with E-state index in [1.165, 1.54) is 13.2 Å². The zero-order valence-corrected chi connectivity index (χ0v) is 15.9. The third kappa shape index (κ3) is 4.32. The summed E-state index contributed by atoms with van der Waals surface area (Å²) in [5, 5.41) is 4.95. The van der Waals surface area contributed by atoms with Gasteiger partial charge in [-0.15, -0.1) is 0 Å². The highest BCUT2D eigenvalue weighted by Gasteiger charge is 2.16. The lowest BCUT2D eigenvalue weighted by atomic mass is 9.98. The zero-order chi connectivity index (χ0) is 17.1. The van der Waals surface area contributed by atoms with Crippen molar-refractivity contribution >= 4 is 40.2 Å². The van der Waals surface area contributed by atoms with Crippen molar-refractivity contribution in [1.82, 2.24) is 9.78 Å². The molecule has 1 aromatic carbocycles. The SMILES string of the molecule is COC(=O)Cn1nc(C(C)C)c(-c2cc(Cl)cc(I)c2)cc1=O. The van der Waals surface area contributed by atoms with Crippen LogP contribution in [0.15, 0.2) is 29.1 Å². The van der Waals surface area contributed by atoms with Gasteiger partial charge < -0.3 is 4.74 Å². The first-order valence-electron chi connectivity index (χ1n) is 6.97. The number of hydrogen-bond donors (Lipinski definition) is 0. The lowest BCUT2D eigenvalue weighted by Gasteiger charge is -2.14. The quantitative estimate of drug-likeness (QED) is 0.533. The number of ether oxygens (including phenoxy) is 1. The van der Waals surface area contributed by atoms with Gasteiger partial charge in [-0.05, 0) is 52.3 Å². The van der Waals surface area contributed by atoms with Gasteiger partial charge in [0.15, 0.2) is 0 Å². The molecule has 0 aliphatic rings. The number of halogens is 2. The molecule has 1 heterocycles. The molecule has 0 amide bonds. The van der Waals surface area contributed by atoms with Crippen LogP contribution in [-0.4, -0.2) is 22.9 Å². The second kappa shape index (κ2) is 7.44. The molecule has 0 fully saturated rings. The highest BCUT2D eigenvalue weighted by molar-refractivity contribution is 14.1. The standard InChI is InChI=1S/C16H16ClIN2O3/c1-9(2)16-13(10-4-11(17)6-12(18)5-10)7-14(21)20(19-16)8-15(22)23-3/h4-7,9H,8H2,1-3H3. The Morgan fingerprint density at radius 1 is 1.35 bits per heavy atom. The van der Waals surface area contributed by atoms with Crippen LogP contribution >= 0.6 is 34.2 Å². The number of carbonyl (C=O) groups is 1. The van der Waals surface area contributed by atoms with E-state index in [2.05, 4.69) is 32.4 Å². The second-order valence-electron chi connectivity index (χ2n) is 5.33. The number of methoxy groups -OCH3 is 1. The van der Waals surface area contributed by atoms with Gasteiger partial charge in [-0.1, -0.05) is 25.4 Å². The van der Waals surface area contributed by atoms with Gasteiger partial charge in [0.2, 0.25) is 0 Å². The molecule has 0 bridgehead atoms. The summed E-state index contributed by atoms with van der Waals surface area (Å²) < 4.78 is 6.69. The summed E-state index contributed by atoms with van der Waals surface area (Å²) in [6, 6.07) is 7.08. The van der Waals surface area contributed by atoms with Crippen molar-refractivity contribution in [3.8, 4) is 11.1 Å². The number of hydrogen-bond acceptors (Lipinski definition) is 4. The monoisotopic (exact) mass is 446 g/mol. The van der Waals surface area contributed by atoms with E-state index in [0.717, 1.165) is 25.1 Å². The maximum atomic E-state index is 12.3. The molecule has 0 radical (unpaired) electrons. The molecule has 0 saturated heterocycles. The molecular formula is C16H16ClIN2O3. The van der Waals surface area contributed by atoms with Gasteiger partial charge in [0, 0.05) is 20.2 Å². The third-order valence-corrected chi connectivity index (χ3v) is 4.09. The van der Waals surface area contributed by atoms with Crippen LogP contribution in [0.4, 0.5) is 0 Å². The number of nitrogens with zero attached hydrogens (tertiary/aromatic N) is 2. The number of carbonyl (C=O) groups excluding carboxylic acids is 1. The molecule has 2 aromatic rings. The summed E-state index contributed by atoms with van der Waals surface area (Å²) in [6.07, 6.45) is 0. The molecule has 0 atom stereocenters. The molecule has 0 aliphatic heterocycles. The van der Waals surface area contributed by atoms with Crippen LogP contribution in [0.1, 0.15) is 25.5 Å². The lowest BCUT2D eigenvalue weighted by molar-refractivity contribution is -0.141. The Labute approximate surface area is 152 Å². The van der Waals surface area contributed by atoms with E-state index in [4.69, 9.17) is 11.6 Å². The molecule has 0 N–H and O–H groups in total. The second-order valence-corrected chi connectivity index (χ2v) is 7.01. The van der Waals surface area contributed by atoms with Gasteiger partial charge in [-0.3, -0.25) is 9.59 Å². The molecule has 7 heteroatoms. The van der Waals surface area contributed by atoms with Crippen LogP contribution in [-0.2, 0) is 16.1 Å². The van der Waals surface area contributed by atoms with E-state index in [1.807, 2.05) is 26.0 Å². The number of benzene rings is 1. The van der Waals surface area contributed by atoms with Crippen molar-refractivity contribution in [2.75, 3.05) is 7.11 Å². The van der Waals surface area contributed by atoms with Crippen molar-refractivity contribution in [1.29, 1.82) is 0 Å². The molecule has 0 saturated carbocycles. The number of aromatic nitrogens is 2. The van der Waals surface area contributed by atoms with Gasteiger partial charge in [0.05, 0.1) is 12.8 Å². The zero-order valence-electron chi connectivity index (χ0n) is 13.0. The predicted octanol–water partition coefficient (Wildman–Crippen LogP) is 3.46. The number of esters is 1. The first kappa shape index (κ1) is 17.9. The summed E-state index contributed by atoms with van der Waals surface area (Å²) in [6.45, 7) is 3.75. The van der Waals surface area contributed by atoms with E-state index in [1.54, 1.807) is 6.07 Å². The van der Waals surface area contributed by atoms with Crippen molar-refractivity contribution in [3.05, 3.63) is 48.9 Å². The summed E-state index contributed by atoms with van der Waals surface area (Å²) in [7, 11) is 1.28. The Bertz CT molecular complexity index is 782. The highest BCUT2D eigenvalue weighted by Crippen LogP contribution is 2.29. The van der Waals surface area contributed by atoms with Crippen LogP contribution in [0.2, 0.25) is 5.02 Å². The van der Waals surface area contributed by atoms with Crippen molar-refractivity contribution < 1.29 is 9.53 Å². The van der Waals surface area contributed by atoms with Gasteiger partial charge in [0.25, 0.3) is 5.56 Å². The first-order valence-corrected chi connectivity index (χ1v) is 8.43. The minimum absolute atomic E-state index is 0.0751. The van der Waals surface area contributed by atoms with Gasteiger partial charge in [0.1, 0.15) is 6.54 Å². The van der Waals surface area contributed by atoms with Gasteiger partial charge in [-0.25, -0.2) is 4.68 Å². The molecule has 0 aliphatic carbocycles. The molecule has 122 valence electrons. The molecule has 0 unspecified atom stereocenters. The fraction of sp³-hybridized carbons (Fsp3) is 0.312. The largest absolute Gasteiger partial charge is 0.468 e. The van der Waals surface area contributed by atoms with Crippen LogP contribution in [0, 0.1) is 3.57 Å². The maximum Gasteiger partial charge on any atom is 0.327 e. The molecule has 0 spiro atoms. The van der Waals surface area contributed by atoms with Crippen molar-refractivity contribution in [2.45, 2.75) is 26.3 Å². The molecule has 1 aromatic heterocycles. The topological polar surface area (TPSA) is 61.2 Å². The summed E-state index contributed by atoms with van der Waals surface area (Å²) in [5.74, 6) is -0.439. The minimum atomic E-state index is -0.514. The van der Waals surface area contributed by atoms with Gasteiger partial charge in [-0.2, -0.15) is 5.10 Å². The summed E-state index contributed by atoms with van der Waals surface area (Å²) in [4.78, 5) is 23.7. The van der Waals surface area contributed by atoms with Crippen molar-refractivity contribution in [2.24, 2.45) is 0 Å². The van der Waals surface area contributed by atoms with E-state index >= 15 is 0 Å². The molecule has 2 rings (SSSR count). The van der Waals surface area contributed by atoms with Crippen molar-refractivity contribution in [3.63, 3.8) is 0 Å². The molecule has 23 heavy (non-hydrogen) atoms. The van der Waals surface area contributed by atoms with Crippen LogP contribution in [0.25, 0.3) is 11.1 Å². The van der Waals surface area contributed by atoms with E-state index < -0.39 is 5.97 Å².